The third kappa shape index (κ3) is 5.73. The highest BCUT2D eigenvalue weighted by Crippen LogP contribution is 2.31. The maximum absolute atomic E-state index is 12.8. The summed E-state index contributed by atoms with van der Waals surface area (Å²) in [6.07, 6.45) is 3.09. The highest BCUT2D eigenvalue weighted by atomic mass is 19.4. The Morgan fingerprint density at radius 3 is 2.24 bits per heavy atom. The normalized spacial score (nSPS) is 12.4. The molecular formula is C19H28F3N3. The molecule has 0 bridgehead atoms. The van der Waals surface area contributed by atoms with Crippen molar-refractivity contribution in [3.8, 4) is 0 Å². The third-order valence-electron chi connectivity index (χ3n) is 4.48. The summed E-state index contributed by atoms with van der Waals surface area (Å²) < 4.78 is 40.3. The molecule has 140 valence electrons. The molecule has 6 heteroatoms. The fourth-order valence-corrected chi connectivity index (χ4v) is 2.98. The van der Waals surface area contributed by atoms with Crippen molar-refractivity contribution in [1.29, 1.82) is 0 Å². The van der Waals surface area contributed by atoms with Gasteiger partial charge in [0.1, 0.15) is 0 Å². The molecule has 25 heavy (non-hydrogen) atoms. The van der Waals surface area contributed by atoms with E-state index in [0.29, 0.717) is 5.52 Å². The lowest BCUT2D eigenvalue weighted by atomic mass is 10.2. The molecule has 0 fully saturated rings. The maximum atomic E-state index is 12.8. The number of nitrogens with zero attached hydrogens (tertiary/aromatic N) is 3. The van der Waals surface area contributed by atoms with Crippen LogP contribution < -0.4 is 0 Å². The Balaban J connectivity index is 1.95. The van der Waals surface area contributed by atoms with Gasteiger partial charge in [0, 0.05) is 6.54 Å². The molecule has 0 radical (unpaired) electrons. The second-order valence-corrected chi connectivity index (χ2v) is 6.54. The second kappa shape index (κ2) is 9.22. The minimum Gasteiger partial charge on any atom is -0.331 e. The van der Waals surface area contributed by atoms with Gasteiger partial charge in [0.15, 0.2) is 0 Å². The van der Waals surface area contributed by atoms with Gasteiger partial charge in [-0.05, 0) is 57.1 Å². The van der Waals surface area contributed by atoms with Gasteiger partial charge in [-0.25, -0.2) is 4.98 Å². The number of fused-ring (bicyclic) bond motifs is 1. The Bertz CT molecular complexity index is 641. The molecule has 0 saturated heterocycles. The lowest BCUT2D eigenvalue weighted by molar-refractivity contribution is -0.137. The van der Waals surface area contributed by atoms with E-state index in [0.717, 1.165) is 50.2 Å². The van der Waals surface area contributed by atoms with E-state index in [1.165, 1.54) is 31.7 Å². The minimum atomic E-state index is -4.32. The Morgan fingerprint density at radius 1 is 1.00 bits per heavy atom. The quantitative estimate of drug-likeness (QED) is 0.573. The molecule has 1 heterocycles. The van der Waals surface area contributed by atoms with Gasteiger partial charge in [0.2, 0.25) is 0 Å². The SMILES string of the molecule is CCCCN(CCCC)CCCn1cnc2cc(C(F)(F)F)ccc21. The Labute approximate surface area is 147 Å². The maximum Gasteiger partial charge on any atom is 0.416 e. The van der Waals surface area contributed by atoms with E-state index in [1.807, 2.05) is 4.57 Å². The zero-order valence-corrected chi connectivity index (χ0v) is 15.1. The predicted molar refractivity (Wildman–Crippen MR) is 95.6 cm³/mol. The van der Waals surface area contributed by atoms with Crippen LogP contribution in [0.3, 0.4) is 0 Å². The van der Waals surface area contributed by atoms with Crippen molar-refractivity contribution < 1.29 is 13.2 Å². The zero-order valence-electron chi connectivity index (χ0n) is 15.1. The number of imidazole rings is 1. The van der Waals surface area contributed by atoms with Crippen LogP contribution in [0.1, 0.15) is 51.5 Å². The Morgan fingerprint density at radius 2 is 1.64 bits per heavy atom. The lowest BCUT2D eigenvalue weighted by Gasteiger charge is -2.22. The third-order valence-corrected chi connectivity index (χ3v) is 4.48. The van der Waals surface area contributed by atoms with Crippen LogP contribution in [0.2, 0.25) is 0 Å². The number of unbranched alkanes of at least 4 members (excludes halogenated alkanes) is 2. The highest BCUT2D eigenvalue weighted by molar-refractivity contribution is 5.76. The summed E-state index contributed by atoms with van der Waals surface area (Å²) in [5, 5.41) is 0. The standard InChI is InChI=1S/C19H28F3N3/c1-3-5-10-24(11-6-4-2)12-7-13-25-15-23-17-14-16(19(20,21)22)8-9-18(17)25/h8-9,14-15H,3-7,10-13H2,1-2H3. The summed E-state index contributed by atoms with van der Waals surface area (Å²) in [6, 6.07) is 3.78. The molecule has 0 amide bonds. The van der Waals surface area contributed by atoms with Gasteiger partial charge < -0.3 is 9.47 Å². The molecule has 0 aliphatic carbocycles. The predicted octanol–water partition coefficient (Wildman–Crippen LogP) is 5.35. The van der Waals surface area contributed by atoms with Gasteiger partial charge in [0.05, 0.1) is 22.9 Å². The van der Waals surface area contributed by atoms with E-state index in [9.17, 15) is 13.2 Å². The largest absolute Gasteiger partial charge is 0.416 e. The number of aromatic nitrogens is 2. The van der Waals surface area contributed by atoms with Crippen LogP contribution in [0.25, 0.3) is 11.0 Å². The van der Waals surface area contributed by atoms with Crippen molar-refractivity contribution in [2.75, 3.05) is 19.6 Å². The van der Waals surface area contributed by atoms with Gasteiger partial charge in [-0.15, -0.1) is 0 Å². The smallest absolute Gasteiger partial charge is 0.331 e. The van der Waals surface area contributed by atoms with E-state index < -0.39 is 11.7 Å². The molecule has 1 aromatic carbocycles. The molecule has 2 rings (SSSR count). The van der Waals surface area contributed by atoms with Crippen LogP contribution >= 0.6 is 0 Å². The molecule has 0 aliphatic heterocycles. The first kappa shape index (κ1) is 19.8. The molecule has 2 aromatic rings. The molecule has 0 N–H and O–H groups in total. The van der Waals surface area contributed by atoms with E-state index in [-0.39, 0.29) is 0 Å². The first-order valence-corrected chi connectivity index (χ1v) is 9.20. The number of rotatable bonds is 10. The van der Waals surface area contributed by atoms with Crippen LogP contribution in [0.4, 0.5) is 13.2 Å². The molecular weight excluding hydrogens is 327 g/mol. The van der Waals surface area contributed by atoms with Crippen LogP contribution in [0.15, 0.2) is 24.5 Å². The fraction of sp³-hybridized carbons (Fsp3) is 0.632. The highest BCUT2D eigenvalue weighted by Gasteiger charge is 2.30. The molecule has 3 nitrogen and oxygen atoms in total. The number of benzene rings is 1. The topological polar surface area (TPSA) is 21.1 Å². The number of hydrogen-bond acceptors (Lipinski definition) is 2. The molecule has 0 saturated carbocycles. The molecule has 0 aliphatic rings. The number of alkyl halides is 3. The molecule has 0 unspecified atom stereocenters. The second-order valence-electron chi connectivity index (χ2n) is 6.54. The van der Waals surface area contributed by atoms with E-state index >= 15 is 0 Å². The van der Waals surface area contributed by atoms with Crippen molar-refractivity contribution in [3.05, 3.63) is 30.1 Å². The van der Waals surface area contributed by atoms with Crippen molar-refractivity contribution in [2.24, 2.45) is 0 Å². The average molecular weight is 355 g/mol. The van der Waals surface area contributed by atoms with E-state index in [1.54, 1.807) is 6.33 Å². The van der Waals surface area contributed by atoms with Crippen LogP contribution in [-0.4, -0.2) is 34.1 Å². The summed E-state index contributed by atoms with van der Waals surface area (Å²) in [5.41, 5.74) is 0.529. The fourth-order valence-electron chi connectivity index (χ4n) is 2.98. The first-order valence-electron chi connectivity index (χ1n) is 9.20. The van der Waals surface area contributed by atoms with E-state index in [2.05, 4.69) is 23.7 Å². The summed E-state index contributed by atoms with van der Waals surface area (Å²) in [7, 11) is 0. The van der Waals surface area contributed by atoms with Gasteiger partial charge in [-0.3, -0.25) is 0 Å². The Hall–Kier alpha value is -1.56. The van der Waals surface area contributed by atoms with Crippen LogP contribution in [0, 0.1) is 0 Å². The summed E-state index contributed by atoms with van der Waals surface area (Å²) in [4.78, 5) is 6.63. The molecule has 0 atom stereocenters. The van der Waals surface area contributed by atoms with Crippen molar-refractivity contribution in [2.45, 2.75) is 58.7 Å². The molecule has 0 spiro atoms. The number of hydrogen-bond donors (Lipinski definition) is 0. The van der Waals surface area contributed by atoms with Crippen LogP contribution in [0.5, 0.6) is 0 Å². The number of halogens is 3. The van der Waals surface area contributed by atoms with Crippen molar-refractivity contribution in [3.63, 3.8) is 0 Å². The Kier molecular flexibility index (Phi) is 7.29. The summed E-state index contributed by atoms with van der Waals surface area (Å²) in [5.74, 6) is 0. The summed E-state index contributed by atoms with van der Waals surface area (Å²) >= 11 is 0. The molecule has 1 aromatic heterocycles. The monoisotopic (exact) mass is 355 g/mol. The minimum absolute atomic E-state index is 0.406. The zero-order chi connectivity index (χ0) is 18.3. The van der Waals surface area contributed by atoms with Crippen molar-refractivity contribution >= 4 is 11.0 Å². The first-order chi connectivity index (χ1) is 12.0. The van der Waals surface area contributed by atoms with Crippen LogP contribution in [-0.2, 0) is 12.7 Å². The number of aryl methyl sites for hydroxylation is 1. The van der Waals surface area contributed by atoms with Gasteiger partial charge in [-0.2, -0.15) is 13.2 Å². The van der Waals surface area contributed by atoms with Gasteiger partial charge in [-0.1, -0.05) is 26.7 Å². The lowest BCUT2D eigenvalue weighted by Crippen LogP contribution is -2.27. The van der Waals surface area contributed by atoms with E-state index in [4.69, 9.17) is 0 Å². The van der Waals surface area contributed by atoms with Gasteiger partial charge in [0.25, 0.3) is 0 Å². The summed E-state index contributed by atoms with van der Waals surface area (Å²) in [6.45, 7) is 8.43. The average Bonchev–Trinajstić information content (AvgIpc) is 2.98. The van der Waals surface area contributed by atoms with Gasteiger partial charge >= 0.3 is 6.18 Å². The van der Waals surface area contributed by atoms with Crippen molar-refractivity contribution in [1.82, 2.24) is 14.5 Å².